The average molecular weight is 221 g/mol. The third-order valence-electron chi connectivity index (χ3n) is 1.32. The third-order valence-corrected chi connectivity index (χ3v) is 2.88. The van der Waals surface area contributed by atoms with Crippen LogP contribution < -0.4 is 10.5 Å². The highest BCUT2D eigenvalue weighted by Crippen LogP contribution is 2.01. The molecule has 7 heteroatoms. The molecular formula is C6H11N3O2S2. The molecule has 0 atom stereocenters. The zero-order valence-corrected chi connectivity index (χ0v) is 8.57. The normalized spacial score (nSPS) is 11.8. The molecule has 1 aromatic heterocycles. The maximum absolute atomic E-state index is 10.5. The summed E-state index contributed by atoms with van der Waals surface area (Å²) in [6, 6.07) is 0. The minimum absolute atomic E-state index is 0.0433. The summed E-state index contributed by atoms with van der Waals surface area (Å²) >= 11 is 1.53. The summed E-state index contributed by atoms with van der Waals surface area (Å²) in [6.07, 6.45) is 1.71. The number of thiazole rings is 1. The van der Waals surface area contributed by atoms with E-state index in [1.165, 1.54) is 11.3 Å². The number of aromatic nitrogens is 1. The van der Waals surface area contributed by atoms with Crippen LogP contribution in [0.25, 0.3) is 0 Å². The summed E-state index contributed by atoms with van der Waals surface area (Å²) in [6.45, 7) is 0.950. The minimum Gasteiger partial charge on any atom is -0.309 e. The van der Waals surface area contributed by atoms with Gasteiger partial charge in [-0.15, -0.1) is 11.3 Å². The Hall–Kier alpha value is -0.500. The number of hydrogen-bond acceptors (Lipinski definition) is 5. The predicted molar refractivity (Wildman–Crippen MR) is 51.8 cm³/mol. The Balaban J connectivity index is 2.16. The van der Waals surface area contributed by atoms with E-state index in [4.69, 9.17) is 5.14 Å². The lowest BCUT2D eigenvalue weighted by Gasteiger charge is -1.99. The highest BCUT2D eigenvalue weighted by molar-refractivity contribution is 7.89. The van der Waals surface area contributed by atoms with E-state index in [2.05, 4.69) is 10.3 Å². The predicted octanol–water partition coefficient (Wildman–Crippen LogP) is -0.479. The van der Waals surface area contributed by atoms with Crippen LogP contribution in [0.1, 0.15) is 5.01 Å². The molecule has 0 unspecified atom stereocenters. The number of sulfonamides is 1. The van der Waals surface area contributed by atoms with Crippen molar-refractivity contribution in [3.8, 4) is 0 Å². The van der Waals surface area contributed by atoms with E-state index in [0.29, 0.717) is 13.1 Å². The number of hydrogen-bond donors (Lipinski definition) is 2. The topological polar surface area (TPSA) is 85.1 Å². The van der Waals surface area contributed by atoms with Gasteiger partial charge < -0.3 is 5.32 Å². The van der Waals surface area contributed by atoms with E-state index in [9.17, 15) is 8.42 Å². The van der Waals surface area contributed by atoms with Gasteiger partial charge in [0, 0.05) is 24.7 Å². The van der Waals surface area contributed by atoms with Crippen molar-refractivity contribution < 1.29 is 8.42 Å². The zero-order chi connectivity index (χ0) is 9.73. The highest BCUT2D eigenvalue weighted by atomic mass is 32.2. The summed E-state index contributed by atoms with van der Waals surface area (Å²) in [7, 11) is -3.34. The lowest BCUT2D eigenvalue weighted by Crippen LogP contribution is -2.26. The van der Waals surface area contributed by atoms with Gasteiger partial charge in [0.05, 0.1) is 5.75 Å². The standard InChI is InChI=1S/C6H11N3O2S2/c7-13(10,11)4-2-8-5-6-9-1-3-12-6/h1,3,8H,2,4-5H2,(H2,7,10,11). The summed E-state index contributed by atoms with van der Waals surface area (Å²) in [5.74, 6) is -0.0433. The summed E-state index contributed by atoms with van der Waals surface area (Å²) in [5, 5.41) is 10.6. The molecule has 0 amide bonds. The van der Waals surface area contributed by atoms with Crippen molar-refractivity contribution >= 4 is 21.4 Å². The lowest BCUT2D eigenvalue weighted by atomic mass is 10.6. The maximum Gasteiger partial charge on any atom is 0.210 e. The molecule has 0 fully saturated rings. The highest BCUT2D eigenvalue weighted by Gasteiger charge is 2.01. The second kappa shape index (κ2) is 4.66. The number of nitrogens with zero attached hydrogens (tertiary/aromatic N) is 1. The van der Waals surface area contributed by atoms with Crippen LogP contribution in [0, 0.1) is 0 Å². The Morgan fingerprint density at radius 2 is 2.38 bits per heavy atom. The Bertz CT molecular complexity index is 333. The number of primary sulfonamides is 1. The van der Waals surface area contributed by atoms with Gasteiger partial charge in [-0.25, -0.2) is 18.5 Å². The molecule has 3 N–H and O–H groups in total. The zero-order valence-electron chi connectivity index (χ0n) is 6.93. The SMILES string of the molecule is NS(=O)(=O)CCNCc1nccs1. The summed E-state index contributed by atoms with van der Waals surface area (Å²) in [4.78, 5) is 4.03. The molecule has 0 aliphatic carbocycles. The van der Waals surface area contributed by atoms with Gasteiger partial charge in [0.2, 0.25) is 10.0 Å². The molecule has 5 nitrogen and oxygen atoms in total. The fourth-order valence-electron chi connectivity index (χ4n) is 0.750. The molecule has 1 aromatic rings. The van der Waals surface area contributed by atoms with E-state index in [0.717, 1.165) is 5.01 Å². The Morgan fingerprint density at radius 3 is 2.92 bits per heavy atom. The maximum atomic E-state index is 10.5. The molecule has 0 radical (unpaired) electrons. The summed E-state index contributed by atoms with van der Waals surface area (Å²) in [5.41, 5.74) is 0. The molecule has 1 heterocycles. The molecule has 0 spiro atoms. The molecule has 0 bridgehead atoms. The van der Waals surface area contributed by atoms with Crippen LogP contribution >= 0.6 is 11.3 Å². The van der Waals surface area contributed by atoms with Crippen molar-refractivity contribution in [2.24, 2.45) is 5.14 Å². The second-order valence-electron chi connectivity index (χ2n) is 2.47. The van der Waals surface area contributed by atoms with Gasteiger partial charge in [0.25, 0.3) is 0 Å². The van der Waals surface area contributed by atoms with E-state index in [1.807, 2.05) is 5.38 Å². The van der Waals surface area contributed by atoms with Crippen LogP contribution in [0.3, 0.4) is 0 Å². The van der Waals surface area contributed by atoms with E-state index in [1.54, 1.807) is 6.20 Å². The van der Waals surface area contributed by atoms with Crippen molar-refractivity contribution in [3.05, 3.63) is 16.6 Å². The largest absolute Gasteiger partial charge is 0.309 e. The van der Waals surface area contributed by atoms with Crippen molar-refractivity contribution in [3.63, 3.8) is 0 Å². The lowest BCUT2D eigenvalue weighted by molar-refractivity contribution is 0.592. The third kappa shape index (κ3) is 4.94. The van der Waals surface area contributed by atoms with Crippen LogP contribution in [0.2, 0.25) is 0 Å². The van der Waals surface area contributed by atoms with Gasteiger partial charge in [-0.2, -0.15) is 0 Å². The Morgan fingerprint density at radius 1 is 1.62 bits per heavy atom. The molecule has 0 aliphatic heterocycles. The molecule has 1 rings (SSSR count). The van der Waals surface area contributed by atoms with Crippen LogP contribution in [-0.2, 0) is 16.6 Å². The van der Waals surface area contributed by atoms with Crippen molar-refractivity contribution in [1.82, 2.24) is 10.3 Å². The quantitative estimate of drug-likeness (QED) is 0.658. The van der Waals surface area contributed by atoms with Crippen molar-refractivity contribution in [2.45, 2.75) is 6.54 Å². The Labute approximate surface area is 81.0 Å². The number of nitrogens with one attached hydrogen (secondary N) is 1. The summed E-state index contributed by atoms with van der Waals surface area (Å²) < 4.78 is 21.0. The smallest absolute Gasteiger partial charge is 0.210 e. The minimum atomic E-state index is -3.34. The number of nitrogens with two attached hydrogens (primary N) is 1. The van der Waals surface area contributed by atoms with Crippen molar-refractivity contribution in [2.75, 3.05) is 12.3 Å². The molecular weight excluding hydrogens is 210 g/mol. The van der Waals surface area contributed by atoms with E-state index in [-0.39, 0.29) is 5.75 Å². The molecule has 0 saturated heterocycles. The fraction of sp³-hybridized carbons (Fsp3) is 0.500. The van der Waals surface area contributed by atoms with E-state index >= 15 is 0 Å². The fourth-order valence-corrected chi connectivity index (χ4v) is 1.76. The Kier molecular flexibility index (Phi) is 3.79. The number of rotatable bonds is 5. The molecule has 0 aromatic carbocycles. The monoisotopic (exact) mass is 221 g/mol. The molecule has 74 valence electrons. The van der Waals surface area contributed by atoms with Crippen LogP contribution in [0.5, 0.6) is 0 Å². The van der Waals surface area contributed by atoms with Gasteiger partial charge in [-0.1, -0.05) is 0 Å². The van der Waals surface area contributed by atoms with Crippen molar-refractivity contribution in [1.29, 1.82) is 0 Å². The molecule has 13 heavy (non-hydrogen) atoms. The van der Waals surface area contributed by atoms with Gasteiger partial charge in [0.15, 0.2) is 0 Å². The van der Waals surface area contributed by atoms with Gasteiger partial charge in [-0.3, -0.25) is 0 Å². The first-order valence-electron chi connectivity index (χ1n) is 3.67. The van der Waals surface area contributed by atoms with Gasteiger partial charge >= 0.3 is 0 Å². The van der Waals surface area contributed by atoms with Crippen LogP contribution in [-0.4, -0.2) is 25.7 Å². The van der Waals surface area contributed by atoms with Gasteiger partial charge in [0.1, 0.15) is 5.01 Å². The molecule has 0 aliphatic rings. The van der Waals surface area contributed by atoms with Crippen LogP contribution in [0.4, 0.5) is 0 Å². The van der Waals surface area contributed by atoms with Crippen LogP contribution in [0.15, 0.2) is 11.6 Å². The first-order chi connectivity index (χ1) is 6.08. The molecule has 0 saturated carbocycles. The first kappa shape index (κ1) is 10.6. The average Bonchev–Trinajstić information content (AvgIpc) is 2.48. The van der Waals surface area contributed by atoms with Gasteiger partial charge in [-0.05, 0) is 0 Å². The second-order valence-corrected chi connectivity index (χ2v) is 5.18. The first-order valence-corrected chi connectivity index (χ1v) is 6.27. The van der Waals surface area contributed by atoms with E-state index < -0.39 is 10.0 Å².